The number of hydrogen-bond donors (Lipinski definition) is 3. The van der Waals surface area contributed by atoms with Crippen molar-refractivity contribution in [2.75, 3.05) is 0 Å². The number of H-pyrrole nitrogens is 3. The van der Waals surface area contributed by atoms with Crippen molar-refractivity contribution in [1.82, 2.24) is 111 Å². The van der Waals surface area contributed by atoms with Crippen molar-refractivity contribution in [1.29, 1.82) is 0 Å². The zero-order valence-corrected chi connectivity index (χ0v) is 46.6. The highest BCUT2D eigenvalue weighted by molar-refractivity contribution is 7.09. The number of aromatic nitrogens is 22. The van der Waals surface area contributed by atoms with E-state index in [-0.39, 0.29) is 0 Å². The first-order chi connectivity index (χ1) is 32.7. The molecule has 0 atom stereocenters. The molecule has 0 aliphatic carbocycles. The van der Waals surface area contributed by atoms with E-state index in [1.165, 1.54) is 20.9 Å². The van der Waals surface area contributed by atoms with Crippen molar-refractivity contribution in [3.05, 3.63) is 116 Å². The van der Waals surface area contributed by atoms with Gasteiger partial charge in [-0.2, -0.15) is 61.2 Å². The van der Waals surface area contributed by atoms with Gasteiger partial charge in [-0.1, -0.05) is 74.5 Å². The number of tetrazole rings is 1. The molecule has 0 spiro atoms. The smallest absolute Gasteiger partial charge is 0.181 e. The molecule has 9 heterocycles. The zero-order chi connectivity index (χ0) is 53.1. The molecule has 0 bridgehead atoms. The van der Waals surface area contributed by atoms with Crippen LogP contribution in [0.5, 0.6) is 0 Å². The second-order valence-electron chi connectivity index (χ2n) is 11.3. The van der Waals surface area contributed by atoms with Crippen LogP contribution in [0.25, 0.3) is 0 Å². The minimum absolute atomic E-state index is 0.833. The Balaban J connectivity index is -0.000000214. The highest BCUT2D eigenvalue weighted by Crippen LogP contribution is 2.08. The lowest BCUT2D eigenvalue weighted by atomic mass is 10.4. The molecule has 0 saturated carbocycles. The molecule has 0 saturated heterocycles. The van der Waals surface area contributed by atoms with E-state index in [1.807, 2.05) is 143 Å². The van der Waals surface area contributed by atoms with Crippen molar-refractivity contribution < 1.29 is 4.42 Å². The van der Waals surface area contributed by atoms with Crippen LogP contribution in [-0.2, 0) is 21.1 Å². The topological polar surface area (TPSA) is 282 Å². The maximum absolute atomic E-state index is 4.85. The van der Waals surface area contributed by atoms with Crippen molar-refractivity contribution in [2.45, 2.75) is 138 Å². The SMILES string of the molecule is CC.CC.CC.CC.CC.Cc1cn[nH]n1.Cc1cn[nH]n1.Cc1cn[nH]n1.Cc1ncoc1C.Cc1ncsc1C.Cc1ncsc1C.Cc1nnnn1C.Cn1ccnn1.Cn1nccn1. The Kier molecular flexibility index (Phi) is 52.9. The molecule has 0 aliphatic rings. The van der Waals surface area contributed by atoms with Gasteiger partial charge in [0.2, 0.25) is 0 Å². The summed E-state index contributed by atoms with van der Waals surface area (Å²) >= 11 is 3.39. The molecule has 9 aromatic heterocycles. The molecule has 0 aliphatic heterocycles. The normalized spacial score (nSPS) is 8.22. The summed E-state index contributed by atoms with van der Waals surface area (Å²) in [5, 5.41) is 54.2. The summed E-state index contributed by atoms with van der Waals surface area (Å²) < 4.78 is 8.10. The average molecular weight is 987 g/mol. The molecule has 68 heavy (non-hydrogen) atoms. The third kappa shape index (κ3) is 43.1. The number of aromatic amines is 3. The quantitative estimate of drug-likeness (QED) is 0.127. The Morgan fingerprint density at radius 1 is 0.515 bits per heavy atom. The molecule has 0 amide bonds. The lowest BCUT2D eigenvalue weighted by molar-refractivity contribution is 0.525. The van der Waals surface area contributed by atoms with Gasteiger partial charge in [0.25, 0.3) is 0 Å². The number of nitrogens with one attached hydrogen (secondary N) is 3. The first-order valence-corrected chi connectivity index (χ1v) is 23.8. The van der Waals surface area contributed by atoms with E-state index in [9.17, 15) is 0 Å². The first-order valence-electron chi connectivity index (χ1n) is 22.1. The van der Waals surface area contributed by atoms with Gasteiger partial charge in [-0.3, -0.25) is 4.68 Å². The van der Waals surface area contributed by atoms with Crippen LogP contribution in [-0.4, -0.2) is 111 Å². The van der Waals surface area contributed by atoms with Crippen molar-refractivity contribution >= 4 is 22.7 Å². The third-order valence-corrected chi connectivity index (χ3v) is 8.19. The van der Waals surface area contributed by atoms with Crippen LogP contribution in [0.1, 0.15) is 125 Å². The zero-order valence-electron chi connectivity index (χ0n) is 45.0. The molecule has 9 aromatic rings. The third-order valence-electron chi connectivity index (χ3n) is 6.47. The molecule has 0 unspecified atom stereocenters. The lowest BCUT2D eigenvalue weighted by Gasteiger charge is -1.81. The number of nitrogens with zero attached hydrogens (tertiary/aromatic N) is 19. The predicted octanol–water partition coefficient (Wildman–Crippen LogP) is 9.43. The molecular formula is C43H82N22OS2. The van der Waals surface area contributed by atoms with Crippen molar-refractivity contribution in [3.8, 4) is 0 Å². The van der Waals surface area contributed by atoms with Gasteiger partial charge in [0.15, 0.2) is 6.39 Å². The van der Waals surface area contributed by atoms with E-state index in [1.54, 1.807) is 89.5 Å². The molecular weight excluding hydrogens is 905 g/mol. The maximum atomic E-state index is 4.85. The molecule has 3 N–H and O–H groups in total. The van der Waals surface area contributed by atoms with Gasteiger partial charge in [0, 0.05) is 37.1 Å². The Morgan fingerprint density at radius 2 is 0.926 bits per heavy atom. The van der Waals surface area contributed by atoms with E-state index in [2.05, 4.69) is 111 Å². The summed E-state index contributed by atoms with van der Waals surface area (Å²) in [6.07, 6.45) is 13.1. The molecule has 9 rings (SSSR count). The Morgan fingerprint density at radius 3 is 1.01 bits per heavy atom. The van der Waals surface area contributed by atoms with Crippen LogP contribution < -0.4 is 0 Å². The summed E-state index contributed by atoms with van der Waals surface area (Å²) in [5.41, 5.74) is 9.80. The highest BCUT2D eigenvalue weighted by Gasteiger charge is 1.91. The van der Waals surface area contributed by atoms with E-state index >= 15 is 0 Å². The van der Waals surface area contributed by atoms with Gasteiger partial charge in [0.1, 0.15) is 11.6 Å². The van der Waals surface area contributed by atoms with Crippen LogP contribution in [0, 0.1) is 69.2 Å². The van der Waals surface area contributed by atoms with Gasteiger partial charge in [-0.15, -0.1) is 32.9 Å². The Hall–Kier alpha value is -6.76. The van der Waals surface area contributed by atoms with E-state index in [0.29, 0.717) is 0 Å². The van der Waals surface area contributed by atoms with Gasteiger partial charge < -0.3 is 4.42 Å². The Bertz CT molecular complexity index is 1780. The molecule has 382 valence electrons. The Labute approximate surface area is 412 Å². The fraction of sp³-hybridized carbons (Fsp3) is 0.535. The van der Waals surface area contributed by atoms with Crippen LogP contribution in [0.15, 0.2) is 65.2 Å². The summed E-state index contributed by atoms with van der Waals surface area (Å²) in [6.45, 7) is 39.5. The number of oxazole rings is 1. The first kappa shape index (κ1) is 70.3. The largest absolute Gasteiger partial charge is 0.449 e. The monoisotopic (exact) mass is 987 g/mol. The van der Waals surface area contributed by atoms with Crippen LogP contribution >= 0.6 is 22.7 Å². The number of rotatable bonds is 0. The molecule has 0 radical (unpaired) electrons. The molecule has 0 fully saturated rings. The van der Waals surface area contributed by atoms with Crippen LogP contribution in [0.4, 0.5) is 0 Å². The minimum Gasteiger partial charge on any atom is -0.449 e. The summed E-state index contributed by atoms with van der Waals surface area (Å²) in [6, 6.07) is 0. The van der Waals surface area contributed by atoms with Crippen molar-refractivity contribution in [2.24, 2.45) is 21.1 Å². The number of aryl methyl sites for hydroxylation is 13. The summed E-state index contributed by atoms with van der Waals surface area (Å²) in [5.74, 6) is 1.74. The van der Waals surface area contributed by atoms with E-state index < -0.39 is 0 Å². The summed E-state index contributed by atoms with van der Waals surface area (Å²) in [7, 11) is 5.41. The highest BCUT2D eigenvalue weighted by atomic mass is 32.1. The fourth-order valence-electron chi connectivity index (χ4n) is 2.68. The van der Waals surface area contributed by atoms with E-state index in [4.69, 9.17) is 4.42 Å². The van der Waals surface area contributed by atoms with Gasteiger partial charge in [-0.25, -0.2) is 19.6 Å². The summed E-state index contributed by atoms with van der Waals surface area (Å²) in [4.78, 5) is 16.1. The second kappa shape index (κ2) is 51.2. The van der Waals surface area contributed by atoms with E-state index in [0.717, 1.165) is 45.7 Å². The van der Waals surface area contributed by atoms with Gasteiger partial charge in [0.05, 0.1) is 82.4 Å². The average Bonchev–Trinajstić information content (AvgIpc) is 4.20. The molecule has 23 nitrogen and oxygen atoms in total. The van der Waals surface area contributed by atoms with Crippen LogP contribution in [0.2, 0.25) is 0 Å². The molecule has 0 aromatic carbocycles. The van der Waals surface area contributed by atoms with Gasteiger partial charge >= 0.3 is 0 Å². The standard InChI is InChI=1S/C5H7NO.2C5H7NS.C3H6N4.5C3H5N3.5C2H6/c3*1-4-5(2)7-3-6-4;1-3-4-5-6-7(3)2;1-6-3-2-4-5-6;1-6-4-2-3-5-6;3*1-3-2-4-6-5-3;5*1-2/h3*3H,1-2H3;1-2H3;2*2-3H,1H3;3*2H,1H3,(H,4,5,6);5*1-2H3. The maximum Gasteiger partial charge on any atom is 0.181 e. The number of thiazole rings is 2. The predicted molar refractivity (Wildman–Crippen MR) is 275 cm³/mol. The minimum atomic E-state index is 0.833. The van der Waals surface area contributed by atoms with Crippen molar-refractivity contribution in [3.63, 3.8) is 0 Å². The molecule has 25 heteroatoms. The number of hydrogen-bond acceptors (Lipinski definition) is 19. The van der Waals surface area contributed by atoms with Crippen LogP contribution in [0.3, 0.4) is 0 Å². The second-order valence-corrected chi connectivity index (χ2v) is 13.4. The fourth-order valence-corrected chi connectivity index (χ4v) is 3.87. The van der Waals surface area contributed by atoms with Gasteiger partial charge in [-0.05, 0) is 79.7 Å². The lowest BCUT2D eigenvalue weighted by Crippen LogP contribution is -1.92.